The summed E-state index contributed by atoms with van der Waals surface area (Å²) in [5.41, 5.74) is 2.01. The Balaban J connectivity index is 1.91. The third-order valence-corrected chi connectivity index (χ3v) is 5.71. The molecule has 0 atom stereocenters. The smallest absolute Gasteiger partial charge is 0.247 e. The van der Waals surface area contributed by atoms with E-state index in [0.29, 0.717) is 6.54 Å². The third kappa shape index (κ3) is 3.83. The number of hydrogen-bond donors (Lipinski definition) is 0. The summed E-state index contributed by atoms with van der Waals surface area (Å²) in [6.07, 6.45) is 2.69. The molecule has 0 saturated carbocycles. The van der Waals surface area contributed by atoms with Crippen molar-refractivity contribution in [3.63, 3.8) is 0 Å². The summed E-state index contributed by atoms with van der Waals surface area (Å²) in [6.45, 7) is 0.146. The van der Waals surface area contributed by atoms with Crippen molar-refractivity contribution in [1.29, 1.82) is 0 Å². The van der Waals surface area contributed by atoms with Crippen molar-refractivity contribution < 1.29 is 17.6 Å². The zero-order chi connectivity index (χ0) is 18.9. The van der Waals surface area contributed by atoms with Crippen LogP contribution in [0.1, 0.15) is 12.0 Å². The highest BCUT2D eigenvalue weighted by atomic mass is 35.5. The van der Waals surface area contributed by atoms with Crippen molar-refractivity contribution in [3.05, 3.63) is 58.9 Å². The molecule has 1 amide bonds. The number of rotatable bonds is 4. The largest absolute Gasteiger partial charge is 0.311 e. The first-order valence-electron chi connectivity index (χ1n) is 8.08. The molecule has 1 aliphatic rings. The van der Waals surface area contributed by atoms with E-state index >= 15 is 0 Å². The Morgan fingerprint density at radius 2 is 2.00 bits per heavy atom. The standard InChI is InChI=1S/C18H18ClFN2O3S/c1-26(24,25)22(14-8-9-16(20)15(19)11-14)12-18(23)21-10-4-6-13-5-2-3-7-17(13)21/h2-3,5,7-9,11H,4,6,10,12H2,1H3. The van der Waals surface area contributed by atoms with E-state index in [1.807, 2.05) is 24.3 Å². The molecule has 0 radical (unpaired) electrons. The first-order valence-corrected chi connectivity index (χ1v) is 10.3. The van der Waals surface area contributed by atoms with Gasteiger partial charge >= 0.3 is 0 Å². The lowest BCUT2D eigenvalue weighted by atomic mass is 10.0. The Hall–Kier alpha value is -2.12. The number of amides is 1. The molecule has 26 heavy (non-hydrogen) atoms. The number of benzene rings is 2. The number of anilines is 2. The van der Waals surface area contributed by atoms with Gasteiger partial charge in [0.1, 0.15) is 12.4 Å². The highest BCUT2D eigenvalue weighted by Gasteiger charge is 2.27. The van der Waals surface area contributed by atoms with Crippen LogP contribution in [0.2, 0.25) is 5.02 Å². The fourth-order valence-corrected chi connectivity index (χ4v) is 4.06. The molecule has 8 heteroatoms. The van der Waals surface area contributed by atoms with Gasteiger partial charge in [-0.05, 0) is 42.7 Å². The van der Waals surface area contributed by atoms with Gasteiger partial charge in [-0.3, -0.25) is 9.10 Å². The van der Waals surface area contributed by atoms with Crippen molar-refractivity contribution in [2.24, 2.45) is 0 Å². The Kier molecular flexibility index (Phi) is 5.20. The molecule has 0 unspecified atom stereocenters. The Bertz CT molecular complexity index is 949. The molecule has 2 aromatic rings. The number of hydrogen-bond acceptors (Lipinski definition) is 3. The van der Waals surface area contributed by atoms with Gasteiger partial charge in [0, 0.05) is 12.2 Å². The van der Waals surface area contributed by atoms with Crippen LogP contribution in [0, 0.1) is 5.82 Å². The Morgan fingerprint density at radius 1 is 1.27 bits per heavy atom. The van der Waals surface area contributed by atoms with E-state index in [0.717, 1.165) is 40.7 Å². The van der Waals surface area contributed by atoms with Crippen LogP contribution in [0.3, 0.4) is 0 Å². The summed E-state index contributed by atoms with van der Waals surface area (Å²) in [7, 11) is -3.75. The molecule has 1 heterocycles. The van der Waals surface area contributed by atoms with Crippen LogP contribution >= 0.6 is 11.6 Å². The molecule has 2 aromatic carbocycles. The molecule has 0 fully saturated rings. The lowest BCUT2D eigenvalue weighted by molar-refractivity contribution is -0.117. The van der Waals surface area contributed by atoms with Crippen molar-refractivity contribution >= 4 is 38.9 Å². The van der Waals surface area contributed by atoms with Crippen LogP contribution in [0.5, 0.6) is 0 Å². The molecule has 3 rings (SSSR count). The first kappa shape index (κ1) is 18.7. The van der Waals surface area contributed by atoms with Crippen molar-refractivity contribution in [1.82, 2.24) is 0 Å². The predicted octanol–water partition coefficient (Wildman–Crippen LogP) is 3.22. The number of nitrogens with zero attached hydrogens (tertiary/aromatic N) is 2. The molecule has 0 spiro atoms. The molecule has 5 nitrogen and oxygen atoms in total. The number of aryl methyl sites for hydroxylation is 1. The molecular formula is C18H18ClFN2O3S. The van der Waals surface area contributed by atoms with E-state index in [-0.39, 0.29) is 23.2 Å². The minimum atomic E-state index is -3.75. The van der Waals surface area contributed by atoms with Crippen LogP contribution in [-0.2, 0) is 21.2 Å². The van der Waals surface area contributed by atoms with Gasteiger partial charge in [0.25, 0.3) is 0 Å². The predicted molar refractivity (Wildman–Crippen MR) is 101 cm³/mol. The third-order valence-electron chi connectivity index (χ3n) is 4.28. The van der Waals surface area contributed by atoms with Gasteiger partial charge in [0.05, 0.1) is 17.0 Å². The van der Waals surface area contributed by atoms with Crippen LogP contribution in [0.25, 0.3) is 0 Å². The number of para-hydroxylation sites is 1. The second kappa shape index (κ2) is 7.25. The monoisotopic (exact) mass is 396 g/mol. The van der Waals surface area contributed by atoms with Crippen LogP contribution in [0.15, 0.2) is 42.5 Å². The average molecular weight is 397 g/mol. The lowest BCUT2D eigenvalue weighted by Gasteiger charge is -2.31. The van der Waals surface area contributed by atoms with Gasteiger partial charge in [0.2, 0.25) is 15.9 Å². The second-order valence-electron chi connectivity index (χ2n) is 6.15. The van der Waals surface area contributed by atoms with Crippen molar-refractivity contribution in [3.8, 4) is 0 Å². The lowest BCUT2D eigenvalue weighted by Crippen LogP contribution is -2.44. The maximum Gasteiger partial charge on any atom is 0.247 e. The zero-order valence-corrected chi connectivity index (χ0v) is 15.7. The Labute approximate surface area is 157 Å². The first-order chi connectivity index (χ1) is 12.3. The van der Waals surface area contributed by atoms with E-state index < -0.39 is 15.8 Å². The van der Waals surface area contributed by atoms with Crippen molar-refractivity contribution in [2.75, 3.05) is 28.6 Å². The van der Waals surface area contributed by atoms with Crippen LogP contribution < -0.4 is 9.21 Å². The van der Waals surface area contributed by atoms with Crippen LogP contribution in [0.4, 0.5) is 15.8 Å². The summed E-state index contributed by atoms with van der Waals surface area (Å²) in [4.78, 5) is 14.5. The van der Waals surface area contributed by atoms with Crippen LogP contribution in [-0.4, -0.2) is 33.7 Å². The fraction of sp³-hybridized carbons (Fsp3) is 0.278. The summed E-state index contributed by atoms with van der Waals surface area (Å²) in [6, 6.07) is 11.1. The van der Waals surface area contributed by atoms with E-state index in [1.54, 1.807) is 4.90 Å². The molecule has 0 aromatic heterocycles. The van der Waals surface area contributed by atoms with E-state index in [9.17, 15) is 17.6 Å². The quantitative estimate of drug-likeness (QED) is 0.797. The summed E-state index contributed by atoms with van der Waals surface area (Å²) >= 11 is 5.77. The topological polar surface area (TPSA) is 57.7 Å². The minimum Gasteiger partial charge on any atom is -0.311 e. The van der Waals surface area contributed by atoms with E-state index in [4.69, 9.17) is 11.6 Å². The minimum absolute atomic E-state index is 0.151. The van der Waals surface area contributed by atoms with Gasteiger partial charge < -0.3 is 4.90 Å². The van der Waals surface area contributed by atoms with Gasteiger partial charge in [-0.25, -0.2) is 12.8 Å². The molecule has 1 aliphatic heterocycles. The number of sulfonamides is 1. The number of carbonyl (C=O) groups excluding carboxylic acids is 1. The normalized spacial score (nSPS) is 14.0. The number of fused-ring (bicyclic) bond motifs is 1. The summed E-state index contributed by atoms with van der Waals surface area (Å²) in [5, 5.41) is -0.202. The average Bonchev–Trinajstić information content (AvgIpc) is 2.60. The molecule has 0 aliphatic carbocycles. The highest BCUT2D eigenvalue weighted by molar-refractivity contribution is 7.92. The van der Waals surface area contributed by atoms with Crippen molar-refractivity contribution in [2.45, 2.75) is 12.8 Å². The van der Waals surface area contributed by atoms with E-state index in [1.165, 1.54) is 12.1 Å². The second-order valence-corrected chi connectivity index (χ2v) is 8.46. The zero-order valence-electron chi connectivity index (χ0n) is 14.2. The SMILES string of the molecule is CS(=O)(=O)N(CC(=O)N1CCCc2ccccc21)c1ccc(F)c(Cl)c1. The molecule has 0 saturated heterocycles. The van der Waals surface area contributed by atoms with Gasteiger partial charge in [-0.1, -0.05) is 29.8 Å². The molecular weight excluding hydrogens is 379 g/mol. The summed E-state index contributed by atoms with van der Waals surface area (Å²) < 4.78 is 38.8. The molecule has 0 bridgehead atoms. The number of carbonyl (C=O) groups is 1. The van der Waals surface area contributed by atoms with Gasteiger partial charge in [-0.2, -0.15) is 0 Å². The maximum atomic E-state index is 13.4. The van der Waals surface area contributed by atoms with E-state index in [2.05, 4.69) is 0 Å². The number of halogens is 2. The molecule has 0 N–H and O–H groups in total. The van der Waals surface area contributed by atoms with Gasteiger partial charge in [0.15, 0.2) is 0 Å². The maximum absolute atomic E-state index is 13.4. The summed E-state index contributed by atoms with van der Waals surface area (Å²) in [5.74, 6) is -0.997. The molecule has 138 valence electrons. The fourth-order valence-electron chi connectivity index (χ4n) is 3.04. The highest BCUT2D eigenvalue weighted by Crippen LogP contribution is 2.28. The van der Waals surface area contributed by atoms with Gasteiger partial charge in [-0.15, -0.1) is 0 Å². The Morgan fingerprint density at radius 3 is 2.69 bits per heavy atom.